The second-order valence-electron chi connectivity index (χ2n) is 4.89. The average Bonchev–Trinajstić information content (AvgIpc) is 2.58. The van der Waals surface area contributed by atoms with E-state index in [0.29, 0.717) is 13.1 Å². The van der Waals surface area contributed by atoms with Gasteiger partial charge in [0, 0.05) is 25.5 Å². The van der Waals surface area contributed by atoms with Crippen LogP contribution >= 0.6 is 0 Å². The quantitative estimate of drug-likeness (QED) is 0.689. The number of aliphatic hydroxyl groups excluding tert-OH is 1. The smallest absolute Gasteiger partial charge is 0.149 e. The molecule has 2 aromatic rings. The highest BCUT2D eigenvalue weighted by atomic mass is 16.5. The number of methoxy groups -OCH3 is 1. The number of benzene rings is 1. The molecule has 2 rings (SSSR count). The van der Waals surface area contributed by atoms with Crippen molar-refractivity contribution in [3.05, 3.63) is 47.9 Å². The summed E-state index contributed by atoms with van der Waals surface area (Å²) in [6, 6.07) is 7.89. The summed E-state index contributed by atoms with van der Waals surface area (Å²) in [7, 11) is 1.65. The number of aliphatic hydroxyl groups is 1. The number of hydrogen-bond acceptors (Lipinski definition) is 6. The molecule has 118 valence electrons. The molecular formula is C16H22N4O2. The van der Waals surface area contributed by atoms with E-state index in [0.717, 1.165) is 22.8 Å². The maximum Gasteiger partial charge on any atom is 0.149 e. The van der Waals surface area contributed by atoms with Gasteiger partial charge in [0.25, 0.3) is 0 Å². The summed E-state index contributed by atoms with van der Waals surface area (Å²) in [6.45, 7) is 3.27. The molecule has 0 aliphatic carbocycles. The van der Waals surface area contributed by atoms with Crippen LogP contribution in [0, 0.1) is 0 Å². The van der Waals surface area contributed by atoms with E-state index in [4.69, 9.17) is 9.84 Å². The summed E-state index contributed by atoms with van der Waals surface area (Å²) in [5.41, 5.74) is 1.97. The van der Waals surface area contributed by atoms with E-state index in [1.807, 2.05) is 31.2 Å². The van der Waals surface area contributed by atoms with Crippen LogP contribution in [0.5, 0.6) is 5.75 Å². The molecule has 0 amide bonds. The average molecular weight is 302 g/mol. The lowest BCUT2D eigenvalue weighted by Gasteiger charge is -2.16. The van der Waals surface area contributed by atoms with Gasteiger partial charge in [-0.3, -0.25) is 4.98 Å². The number of anilines is 1. The third-order valence-corrected chi connectivity index (χ3v) is 3.32. The molecule has 0 aliphatic heterocycles. The van der Waals surface area contributed by atoms with Crippen molar-refractivity contribution in [2.75, 3.05) is 25.6 Å². The molecule has 0 bridgehead atoms. The molecule has 1 aromatic heterocycles. The largest absolute Gasteiger partial charge is 0.497 e. The van der Waals surface area contributed by atoms with E-state index in [1.54, 1.807) is 19.5 Å². The Kier molecular flexibility index (Phi) is 6.12. The Bertz CT molecular complexity index is 575. The van der Waals surface area contributed by atoms with Gasteiger partial charge in [-0.05, 0) is 24.6 Å². The first-order valence-corrected chi connectivity index (χ1v) is 7.26. The predicted octanol–water partition coefficient (Wildman–Crippen LogP) is 1.74. The third-order valence-electron chi connectivity index (χ3n) is 3.32. The van der Waals surface area contributed by atoms with Crippen LogP contribution in [0.1, 0.15) is 24.2 Å². The molecule has 6 nitrogen and oxygen atoms in total. The van der Waals surface area contributed by atoms with Gasteiger partial charge in [-0.1, -0.05) is 12.1 Å². The standard InChI is InChI=1S/C16H22N4O2/c1-12(17-9-10-21)15-16(19-8-7-18-15)20-11-13-3-5-14(22-2)6-4-13/h3-8,12,17,21H,9-11H2,1-2H3,(H,19,20). The summed E-state index contributed by atoms with van der Waals surface area (Å²) in [6.07, 6.45) is 3.34. The van der Waals surface area contributed by atoms with E-state index >= 15 is 0 Å². The van der Waals surface area contributed by atoms with E-state index in [-0.39, 0.29) is 12.6 Å². The molecule has 1 aromatic carbocycles. The molecule has 3 N–H and O–H groups in total. The maximum absolute atomic E-state index is 8.90. The summed E-state index contributed by atoms with van der Waals surface area (Å²) in [5, 5.41) is 15.4. The van der Waals surface area contributed by atoms with Crippen LogP contribution < -0.4 is 15.4 Å². The van der Waals surface area contributed by atoms with Gasteiger partial charge in [0.1, 0.15) is 11.6 Å². The Morgan fingerprint density at radius 3 is 2.59 bits per heavy atom. The second-order valence-corrected chi connectivity index (χ2v) is 4.89. The molecule has 1 unspecified atom stereocenters. The minimum Gasteiger partial charge on any atom is -0.497 e. The summed E-state index contributed by atoms with van der Waals surface area (Å²) < 4.78 is 5.15. The Hall–Kier alpha value is -2.18. The molecule has 1 heterocycles. The SMILES string of the molecule is COc1ccc(CNc2nccnc2C(C)NCCO)cc1. The molecular weight excluding hydrogens is 280 g/mol. The second kappa shape index (κ2) is 8.31. The first-order valence-electron chi connectivity index (χ1n) is 7.26. The lowest BCUT2D eigenvalue weighted by Crippen LogP contribution is -2.24. The van der Waals surface area contributed by atoms with Crippen LogP contribution in [0.3, 0.4) is 0 Å². The Labute approximate surface area is 130 Å². The van der Waals surface area contributed by atoms with Crippen molar-refractivity contribution in [2.24, 2.45) is 0 Å². The Morgan fingerprint density at radius 1 is 1.18 bits per heavy atom. The Balaban J connectivity index is 2.02. The van der Waals surface area contributed by atoms with Crippen LogP contribution in [-0.2, 0) is 6.54 Å². The number of ether oxygens (including phenoxy) is 1. The topological polar surface area (TPSA) is 79.3 Å². The van der Waals surface area contributed by atoms with E-state index in [1.165, 1.54) is 0 Å². The monoisotopic (exact) mass is 302 g/mol. The number of nitrogens with zero attached hydrogens (tertiary/aromatic N) is 2. The molecule has 0 radical (unpaired) electrons. The van der Waals surface area contributed by atoms with Gasteiger partial charge >= 0.3 is 0 Å². The van der Waals surface area contributed by atoms with Gasteiger partial charge in [-0.2, -0.15) is 0 Å². The molecule has 0 spiro atoms. The van der Waals surface area contributed by atoms with Gasteiger partial charge in [-0.25, -0.2) is 4.98 Å². The number of aromatic nitrogens is 2. The molecule has 0 aliphatic rings. The predicted molar refractivity (Wildman–Crippen MR) is 85.9 cm³/mol. The minimum atomic E-state index is 0.0132. The maximum atomic E-state index is 8.90. The highest BCUT2D eigenvalue weighted by Gasteiger charge is 2.12. The van der Waals surface area contributed by atoms with Crippen molar-refractivity contribution in [2.45, 2.75) is 19.5 Å². The van der Waals surface area contributed by atoms with Crippen molar-refractivity contribution in [1.82, 2.24) is 15.3 Å². The zero-order valence-electron chi connectivity index (χ0n) is 12.9. The van der Waals surface area contributed by atoms with Crippen LogP contribution in [0.4, 0.5) is 5.82 Å². The first kappa shape index (κ1) is 16.2. The molecule has 0 saturated heterocycles. The van der Waals surface area contributed by atoms with E-state index in [9.17, 15) is 0 Å². The van der Waals surface area contributed by atoms with Crippen LogP contribution in [-0.4, -0.2) is 35.3 Å². The summed E-state index contributed by atoms with van der Waals surface area (Å²) >= 11 is 0. The number of rotatable bonds is 8. The molecule has 6 heteroatoms. The minimum absolute atomic E-state index is 0.0132. The van der Waals surface area contributed by atoms with Crippen LogP contribution in [0.2, 0.25) is 0 Å². The van der Waals surface area contributed by atoms with Gasteiger partial charge in [0.15, 0.2) is 0 Å². The van der Waals surface area contributed by atoms with Crippen LogP contribution in [0.25, 0.3) is 0 Å². The molecule has 0 fully saturated rings. The van der Waals surface area contributed by atoms with Gasteiger partial charge in [0.05, 0.1) is 25.5 Å². The van der Waals surface area contributed by atoms with E-state index < -0.39 is 0 Å². The summed E-state index contributed by atoms with van der Waals surface area (Å²) in [4.78, 5) is 8.74. The van der Waals surface area contributed by atoms with Crippen molar-refractivity contribution >= 4 is 5.82 Å². The van der Waals surface area contributed by atoms with E-state index in [2.05, 4.69) is 20.6 Å². The fraction of sp³-hybridized carbons (Fsp3) is 0.375. The Morgan fingerprint density at radius 2 is 1.91 bits per heavy atom. The normalized spacial score (nSPS) is 12.0. The first-order chi connectivity index (χ1) is 10.7. The van der Waals surface area contributed by atoms with Crippen molar-refractivity contribution in [3.8, 4) is 5.75 Å². The van der Waals surface area contributed by atoms with Crippen molar-refractivity contribution in [3.63, 3.8) is 0 Å². The summed E-state index contributed by atoms with van der Waals surface area (Å²) in [5.74, 6) is 1.59. The highest BCUT2D eigenvalue weighted by molar-refractivity contribution is 5.42. The fourth-order valence-electron chi connectivity index (χ4n) is 2.11. The van der Waals surface area contributed by atoms with Gasteiger partial charge in [0.2, 0.25) is 0 Å². The van der Waals surface area contributed by atoms with Gasteiger partial charge < -0.3 is 20.5 Å². The fourth-order valence-corrected chi connectivity index (χ4v) is 2.11. The lowest BCUT2D eigenvalue weighted by molar-refractivity contribution is 0.286. The van der Waals surface area contributed by atoms with Gasteiger partial charge in [-0.15, -0.1) is 0 Å². The third kappa shape index (κ3) is 4.41. The molecule has 0 saturated carbocycles. The molecule has 1 atom stereocenters. The number of hydrogen-bond donors (Lipinski definition) is 3. The molecule has 22 heavy (non-hydrogen) atoms. The lowest BCUT2D eigenvalue weighted by atomic mass is 10.2. The van der Waals surface area contributed by atoms with Crippen LogP contribution in [0.15, 0.2) is 36.7 Å². The zero-order chi connectivity index (χ0) is 15.8. The zero-order valence-corrected chi connectivity index (χ0v) is 12.9. The highest BCUT2D eigenvalue weighted by Crippen LogP contribution is 2.18. The van der Waals surface area contributed by atoms with Crippen molar-refractivity contribution < 1.29 is 9.84 Å². The van der Waals surface area contributed by atoms with Crippen molar-refractivity contribution in [1.29, 1.82) is 0 Å². The number of nitrogens with one attached hydrogen (secondary N) is 2.